The lowest BCUT2D eigenvalue weighted by molar-refractivity contribution is -0.402. The molecule has 1 heterocycles. The van der Waals surface area contributed by atoms with E-state index in [1.807, 2.05) is 0 Å². The van der Waals surface area contributed by atoms with Gasteiger partial charge in [0.1, 0.15) is 16.3 Å². The van der Waals surface area contributed by atoms with Crippen LogP contribution in [0.1, 0.15) is 26.5 Å². The van der Waals surface area contributed by atoms with Gasteiger partial charge in [0.05, 0.1) is 19.2 Å². The van der Waals surface area contributed by atoms with Crippen molar-refractivity contribution in [2.75, 3.05) is 6.54 Å². The standard InChI is InChI=1S/C11H16N2O5/c1-11(2,3)18-10(14)7-12-6-8-4-5-9(17-8)13(15)16/h4-5,12H,6-7H2,1-3H3. The minimum absolute atomic E-state index is 0.0196. The number of nitrogens with one attached hydrogen (secondary N) is 1. The zero-order chi connectivity index (χ0) is 13.8. The number of carbonyl (C=O) groups is 1. The van der Waals surface area contributed by atoms with E-state index in [4.69, 9.17) is 9.15 Å². The Morgan fingerprint density at radius 2 is 2.17 bits per heavy atom. The average molecular weight is 256 g/mol. The molecular weight excluding hydrogens is 240 g/mol. The summed E-state index contributed by atoms with van der Waals surface area (Å²) >= 11 is 0. The number of rotatable bonds is 5. The quantitative estimate of drug-likeness (QED) is 0.488. The Balaban J connectivity index is 2.33. The molecule has 0 aliphatic carbocycles. The summed E-state index contributed by atoms with van der Waals surface area (Å²) in [7, 11) is 0. The van der Waals surface area contributed by atoms with Crippen LogP contribution in [0.2, 0.25) is 0 Å². The Labute approximate surface area is 104 Å². The van der Waals surface area contributed by atoms with Gasteiger partial charge in [-0.1, -0.05) is 0 Å². The summed E-state index contributed by atoms with van der Waals surface area (Å²) in [6.45, 7) is 5.58. The highest BCUT2D eigenvalue weighted by Gasteiger charge is 2.16. The van der Waals surface area contributed by atoms with E-state index in [2.05, 4.69) is 5.32 Å². The second-order valence-electron chi connectivity index (χ2n) is 4.69. The summed E-state index contributed by atoms with van der Waals surface area (Å²) in [5.41, 5.74) is -0.526. The van der Waals surface area contributed by atoms with Crippen LogP contribution in [0.15, 0.2) is 16.5 Å². The second-order valence-corrected chi connectivity index (χ2v) is 4.69. The lowest BCUT2D eigenvalue weighted by Gasteiger charge is -2.19. The van der Waals surface area contributed by atoms with Crippen LogP contribution >= 0.6 is 0 Å². The van der Waals surface area contributed by atoms with Gasteiger partial charge in [-0.2, -0.15) is 0 Å². The monoisotopic (exact) mass is 256 g/mol. The average Bonchev–Trinajstić information content (AvgIpc) is 2.63. The summed E-state index contributed by atoms with van der Waals surface area (Å²) in [6.07, 6.45) is 0. The molecule has 0 atom stereocenters. The van der Waals surface area contributed by atoms with Crippen molar-refractivity contribution in [3.05, 3.63) is 28.0 Å². The summed E-state index contributed by atoms with van der Waals surface area (Å²) in [5.74, 6) is -0.308. The van der Waals surface area contributed by atoms with Gasteiger partial charge in [0, 0.05) is 0 Å². The van der Waals surface area contributed by atoms with Crippen molar-refractivity contribution in [3.8, 4) is 0 Å². The molecule has 7 nitrogen and oxygen atoms in total. The molecule has 1 N–H and O–H groups in total. The van der Waals surface area contributed by atoms with E-state index in [0.717, 1.165) is 0 Å². The van der Waals surface area contributed by atoms with Crippen molar-refractivity contribution in [1.82, 2.24) is 5.32 Å². The molecule has 0 amide bonds. The van der Waals surface area contributed by atoms with Gasteiger partial charge in [0.25, 0.3) is 0 Å². The minimum Gasteiger partial charge on any atom is -0.459 e. The summed E-state index contributed by atoms with van der Waals surface area (Å²) < 4.78 is 9.99. The molecule has 0 aliphatic rings. The highest BCUT2D eigenvalue weighted by Crippen LogP contribution is 2.15. The summed E-state index contributed by atoms with van der Waals surface area (Å²) in [6, 6.07) is 2.75. The molecule has 0 aromatic carbocycles. The summed E-state index contributed by atoms with van der Waals surface area (Å²) in [5, 5.41) is 13.2. The van der Waals surface area contributed by atoms with Gasteiger partial charge in [0.15, 0.2) is 0 Å². The Morgan fingerprint density at radius 3 is 2.67 bits per heavy atom. The van der Waals surface area contributed by atoms with Crippen LogP contribution in [-0.4, -0.2) is 23.0 Å². The molecule has 0 saturated heterocycles. The molecule has 0 bridgehead atoms. The topological polar surface area (TPSA) is 94.6 Å². The van der Waals surface area contributed by atoms with E-state index in [0.29, 0.717) is 5.76 Å². The zero-order valence-electron chi connectivity index (χ0n) is 10.6. The van der Waals surface area contributed by atoms with Crippen LogP contribution in [0.25, 0.3) is 0 Å². The lowest BCUT2D eigenvalue weighted by Crippen LogP contribution is -2.31. The maximum absolute atomic E-state index is 11.3. The molecule has 1 aromatic rings. The van der Waals surface area contributed by atoms with E-state index in [1.165, 1.54) is 12.1 Å². The largest absolute Gasteiger partial charge is 0.459 e. The maximum atomic E-state index is 11.3. The van der Waals surface area contributed by atoms with Crippen molar-refractivity contribution in [2.24, 2.45) is 0 Å². The fourth-order valence-electron chi connectivity index (χ4n) is 1.23. The van der Waals surface area contributed by atoms with Crippen molar-refractivity contribution < 1.29 is 18.9 Å². The Bertz CT molecular complexity index is 433. The number of hydrogen-bond acceptors (Lipinski definition) is 6. The lowest BCUT2D eigenvalue weighted by atomic mass is 10.2. The van der Waals surface area contributed by atoms with Crippen molar-refractivity contribution in [3.63, 3.8) is 0 Å². The summed E-state index contributed by atoms with van der Waals surface area (Å²) in [4.78, 5) is 21.1. The predicted molar refractivity (Wildman–Crippen MR) is 62.9 cm³/mol. The molecule has 0 radical (unpaired) electrons. The normalized spacial score (nSPS) is 11.3. The number of carbonyl (C=O) groups excluding carboxylic acids is 1. The molecule has 0 saturated carbocycles. The highest BCUT2D eigenvalue weighted by molar-refractivity contribution is 5.72. The third kappa shape index (κ3) is 4.96. The molecule has 1 rings (SSSR count). The Hall–Kier alpha value is -1.89. The third-order valence-corrected chi connectivity index (χ3v) is 1.82. The van der Waals surface area contributed by atoms with E-state index < -0.39 is 10.5 Å². The predicted octanol–water partition coefficient (Wildman–Crippen LogP) is 1.62. The first-order chi connectivity index (χ1) is 8.28. The molecule has 0 unspecified atom stereocenters. The van der Waals surface area contributed by atoms with Crippen LogP contribution in [0.3, 0.4) is 0 Å². The highest BCUT2D eigenvalue weighted by atomic mass is 16.6. The number of hydrogen-bond donors (Lipinski definition) is 1. The van der Waals surface area contributed by atoms with Crippen molar-refractivity contribution >= 4 is 11.9 Å². The third-order valence-electron chi connectivity index (χ3n) is 1.82. The van der Waals surface area contributed by atoms with Crippen molar-refractivity contribution in [1.29, 1.82) is 0 Å². The van der Waals surface area contributed by atoms with Gasteiger partial charge in [-0.05, 0) is 26.8 Å². The molecule has 1 aromatic heterocycles. The zero-order valence-corrected chi connectivity index (χ0v) is 10.6. The molecule has 100 valence electrons. The SMILES string of the molecule is CC(C)(C)OC(=O)CNCc1ccc([N+](=O)[O-])o1. The van der Waals surface area contributed by atoms with Gasteiger partial charge >= 0.3 is 11.9 Å². The Morgan fingerprint density at radius 1 is 1.50 bits per heavy atom. The number of furan rings is 1. The van der Waals surface area contributed by atoms with Gasteiger partial charge in [0.2, 0.25) is 0 Å². The molecule has 0 spiro atoms. The van der Waals surface area contributed by atoms with E-state index in [-0.39, 0.29) is 24.9 Å². The molecular formula is C11H16N2O5. The van der Waals surface area contributed by atoms with Gasteiger partial charge in [-0.25, -0.2) is 0 Å². The molecule has 7 heteroatoms. The van der Waals surface area contributed by atoms with Gasteiger partial charge in [-0.3, -0.25) is 20.2 Å². The first-order valence-electron chi connectivity index (χ1n) is 5.43. The van der Waals surface area contributed by atoms with Crippen LogP contribution in [0.5, 0.6) is 0 Å². The van der Waals surface area contributed by atoms with Crippen LogP contribution in [0, 0.1) is 10.1 Å². The van der Waals surface area contributed by atoms with Gasteiger partial charge in [-0.15, -0.1) is 0 Å². The first kappa shape index (κ1) is 14.2. The Kier molecular flexibility index (Phi) is 4.43. The number of esters is 1. The fourth-order valence-corrected chi connectivity index (χ4v) is 1.23. The van der Waals surface area contributed by atoms with Crippen LogP contribution < -0.4 is 5.32 Å². The van der Waals surface area contributed by atoms with Crippen LogP contribution in [-0.2, 0) is 16.1 Å². The number of ether oxygens (including phenoxy) is 1. The fraction of sp³-hybridized carbons (Fsp3) is 0.545. The minimum atomic E-state index is -0.614. The van der Waals surface area contributed by atoms with Gasteiger partial charge < -0.3 is 9.15 Å². The van der Waals surface area contributed by atoms with Crippen molar-refractivity contribution in [2.45, 2.75) is 32.9 Å². The van der Waals surface area contributed by atoms with Crippen LogP contribution in [0.4, 0.5) is 5.88 Å². The molecule has 0 aliphatic heterocycles. The van der Waals surface area contributed by atoms with E-state index in [1.54, 1.807) is 20.8 Å². The number of nitrogens with zero attached hydrogens (tertiary/aromatic N) is 1. The number of nitro groups is 1. The molecule has 0 fully saturated rings. The molecule has 18 heavy (non-hydrogen) atoms. The van der Waals surface area contributed by atoms with E-state index >= 15 is 0 Å². The van der Waals surface area contributed by atoms with E-state index in [9.17, 15) is 14.9 Å². The maximum Gasteiger partial charge on any atom is 0.433 e. The smallest absolute Gasteiger partial charge is 0.433 e. The second kappa shape index (κ2) is 5.63. The first-order valence-corrected chi connectivity index (χ1v) is 5.43.